The molecule has 6 rings (SSSR count). The summed E-state index contributed by atoms with van der Waals surface area (Å²) < 4.78 is 1.59. The molecular weight excluding hydrogens is 438 g/mol. The van der Waals surface area contributed by atoms with Crippen LogP contribution in [0.25, 0.3) is 22.5 Å². The summed E-state index contributed by atoms with van der Waals surface area (Å²) >= 11 is 6.29. The fourth-order valence-corrected chi connectivity index (χ4v) is 4.60. The number of allylic oxidation sites excluding steroid dienone is 3. The lowest BCUT2D eigenvalue weighted by atomic mass is 9.99. The molecule has 8 nitrogen and oxygen atoms in total. The molecule has 0 amide bonds. The Balaban J connectivity index is 1.33. The highest BCUT2D eigenvalue weighted by Gasteiger charge is 2.38. The van der Waals surface area contributed by atoms with Gasteiger partial charge in [0.25, 0.3) is 0 Å². The van der Waals surface area contributed by atoms with Crippen molar-refractivity contribution >= 4 is 23.0 Å². The molecule has 0 aliphatic carbocycles. The van der Waals surface area contributed by atoms with Crippen LogP contribution in [0, 0.1) is 0 Å². The number of hydrogen-bond donors (Lipinski definition) is 1. The molecule has 1 N–H and O–H groups in total. The van der Waals surface area contributed by atoms with Crippen LogP contribution in [0.4, 0.5) is 0 Å². The summed E-state index contributed by atoms with van der Waals surface area (Å²) in [5, 5.41) is 12.1. The van der Waals surface area contributed by atoms with E-state index in [0.717, 1.165) is 33.9 Å². The Morgan fingerprint density at radius 1 is 1.12 bits per heavy atom. The lowest BCUT2D eigenvalue weighted by Crippen LogP contribution is -2.26. The Hall–Kier alpha value is -4.04. The maximum Gasteiger partial charge on any atom is 0.181 e. The number of aromatic nitrogens is 6. The molecule has 2 aromatic heterocycles. The number of fused-ring (bicyclic) bond motifs is 1. The summed E-state index contributed by atoms with van der Waals surface area (Å²) in [5.41, 5.74) is 5.25. The lowest BCUT2D eigenvalue weighted by Gasteiger charge is -2.28. The standard InChI is InChI=1S/C24H18ClN7O/c25-17-6-7-20(32-14-27-29-30-32)18(11-17)16-8-9-31-21(10-16)23(33)12-22(31)24-26-13-19(28-24)15-4-2-1-3-5-15/h1-8,10-11,13-14,22H,9,12H2,(H,26,28)/t22-/m0/s1. The number of hydrogen-bond acceptors (Lipinski definition) is 6. The molecule has 1 fully saturated rings. The summed E-state index contributed by atoms with van der Waals surface area (Å²) in [4.78, 5) is 23.1. The van der Waals surface area contributed by atoms with Crippen LogP contribution < -0.4 is 0 Å². The van der Waals surface area contributed by atoms with Gasteiger partial charge in [-0.05, 0) is 45.8 Å². The van der Waals surface area contributed by atoms with Crippen LogP contribution in [0.3, 0.4) is 0 Å². The second kappa shape index (κ2) is 7.83. The van der Waals surface area contributed by atoms with Crippen molar-refractivity contribution in [2.45, 2.75) is 12.5 Å². The average molecular weight is 456 g/mol. The van der Waals surface area contributed by atoms with Gasteiger partial charge in [-0.3, -0.25) is 4.79 Å². The molecular formula is C24H18ClN7O. The first-order chi connectivity index (χ1) is 16.2. The third-order valence-corrected chi connectivity index (χ3v) is 6.25. The number of benzene rings is 2. The predicted octanol–water partition coefficient (Wildman–Crippen LogP) is 4.00. The first kappa shape index (κ1) is 19.6. The van der Waals surface area contributed by atoms with Gasteiger partial charge in [0.05, 0.1) is 29.3 Å². The first-order valence-electron chi connectivity index (χ1n) is 10.5. The smallest absolute Gasteiger partial charge is 0.181 e. The number of ketones is 1. The first-order valence-corrected chi connectivity index (χ1v) is 10.9. The van der Waals surface area contributed by atoms with Gasteiger partial charge in [-0.1, -0.05) is 48.0 Å². The van der Waals surface area contributed by atoms with Gasteiger partial charge in [0.2, 0.25) is 0 Å². The largest absolute Gasteiger partial charge is 0.354 e. The average Bonchev–Trinajstić information content (AvgIpc) is 3.60. The molecule has 4 heterocycles. The number of halogens is 1. The molecule has 2 aliphatic rings. The van der Waals surface area contributed by atoms with Gasteiger partial charge in [-0.15, -0.1) is 5.10 Å². The molecule has 4 aromatic rings. The zero-order chi connectivity index (χ0) is 22.4. The molecule has 0 bridgehead atoms. The monoisotopic (exact) mass is 455 g/mol. The van der Waals surface area contributed by atoms with Crippen molar-refractivity contribution in [3.8, 4) is 16.9 Å². The summed E-state index contributed by atoms with van der Waals surface area (Å²) in [7, 11) is 0. The van der Waals surface area contributed by atoms with Gasteiger partial charge in [0.1, 0.15) is 12.2 Å². The minimum Gasteiger partial charge on any atom is -0.354 e. The van der Waals surface area contributed by atoms with Gasteiger partial charge >= 0.3 is 0 Å². The van der Waals surface area contributed by atoms with E-state index in [2.05, 4.69) is 36.5 Å². The van der Waals surface area contributed by atoms with Gasteiger partial charge in [-0.25, -0.2) is 4.98 Å². The molecule has 0 unspecified atom stereocenters. The number of nitrogens with one attached hydrogen (secondary N) is 1. The third kappa shape index (κ3) is 3.44. The Kier molecular flexibility index (Phi) is 4.66. The molecule has 9 heteroatoms. The number of carbonyl (C=O) groups is 1. The molecule has 162 valence electrons. The SMILES string of the molecule is O=C1C[C@@H](c2ncc(-c3ccccc3)[nH]2)N2CC=C(c3cc(Cl)ccc3-n3cnnn3)C=C12. The van der Waals surface area contributed by atoms with E-state index in [-0.39, 0.29) is 11.8 Å². The number of Topliss-reactive ketones (excluding diaryl/α,β-unsaturated/α-hetero) is 1. The van der Waals surface area contributed by atoms with Gasteiger partial charge < -0.3 is 9.88 Å². The van der Waals surface area contributed by atoms with E-state index >= 15 is 0 Å². The summed E-state index contributed by atoms with van der Waals surface area (Å²) in [6.45, 7) is 0.584. The summed E-state index contributed by atoms with van der Waals surface area (Å²) in [5.74, 6) is 0.883. The van der Waals surface area contributed by atoms with Crippen molar-refractivity contribution in [1.82, 2.24) is 35.1 Å². The van der Waals surface area contributed by atoms with Crippen LogP contribution in [-0.2, 0) is 4.79 Å². The quantitative estimate of drug-likeness (QED) is 0.500. The molecule has 33 heavy (non-hydrogen) atoms. The van der Waals surface area contributed by atoms with Crippen molar-refractivity contribution in [2.75, 3.05) is 6.54 Å². The van der Waals surface area contributed by atoms with Gasteiger partial charge in [-0.2, -0.15) is 4.68 Å². The maximum absolute atomic E-state index is 13.0. The number of tetrazole rings is 1. The highest BCUT2D eigenvalue weighted by molar-refractivity contribution is 6.30. The molecule has 0 radical (unpaired) electrons. The third-order valence-electron chi connectivity index (χ3n) is 6.01. The maximum atomic E-state index is 13.0. The van der Waals surface area contributed by atoms with Crippen LogP contribution >= 0.6 is 11.6 Å². The van der Waals surface area contributed by atoms with Crippen molar-refractivity contribution in [3.05, 3.63) is 95.3 Å². The number of rotatable bonds is 4. The van der Waals surface area contributed by atoms with E-state index in [1.54, 1.807) is 10.7 Å². The van der Waals surface area contributed by atoms with E-state index < -0.39 is 0 Å². The zero-order valence-electron chi connectivity index (χ0n) is 17.4. The van der Waals surface area contributed by atoms with Crippen LogP contribution in [0.1, 0.15) is 23.9 Å². The van der Waals surface area contributed by atoms with E-state index in [9.17, 15) is 4.79 Å². The number of carbonyl (C=O) groups excluding carboxylic acids is 1. The van der Waals surface area contributed by atoms with Crippen molar-refractivity contribution in [2.24, 2.45) is 0 Å². The van der Waals surface area contributed by atoms with Crippen molar-refractivity contribution < 1.29 is 4.79 Å². The molecule has 1 saturated heterocycles. The zero-order valence-corrected chi connectivity index (χ0v) is 18.1. The highest BCUT2D eigenvalue weighted by Crippen LogP contribution is 2.40. The number of aromatic amines is 1. The molecule has 1 atom stereocenters. The minimum atomic E-state index is -0.127. The second-order valence-corrected chi connectivity index (χ2v) is 8.38. The number of imidazole rings is 1. The van der Waals surface area contributed by atoms with Gasteiger partial charge in [0, 0.05) is 23.6 Å². The van der Waals surface area contributed by atoms with Crippen LogP contribution in [-0.4, -0.2) is 47.4 Å². The number of H-pyrrole nitrogens is 1. The molecule has 0 saturated carbocycles. The molecule has 2 aliphatic heterocycles. The molecule has 0 spiro atoms. The van der Waals surface area contributed by atoms with Gasteiger partial charge in [0.15, 0.2) is 5.78 Å². The van der Waals surface area contributed by atoms with E-state index in [4.69, 9.17) is 11.6 Å². The second-order valence-electron chi connectivity index (χ2n) is 7.95. The Labute approximate surface area is 194 Å². The Morgan fingerprint density at radius 2 is 2.00 bits per heavy atom. The Morgan fingerprint density at radius 3 is 2.82 bits per heavy atom. The summed E-state index contributed by atoms with van der Waals surface area (Å²) in [6.07, 6.45) is 7.76. The van der Waals surface area contributed by atoms with Crippen LogP contribution in [0.2, 0.25) is 5.02 Å². The predicted molar refractivity (Wildman–Crippen MR) is 123 cm³/mol. The van der Waals surface area contributed by atoms with Crippen LogP contribution in [0.15, 0.2) is 78.9 Å². The van der Waals surface area contributed by atoms with Crippen molar-refractivity contribution in [3.63, 3.8) is 0 Å². The van der Waals surface area contributed by atoms with Crippen molar-refractivity contribution in [1.29, 1.82) is 0 Å². The number of nitrogens with zero attached hydrogens (tertiary/aromatic N) is 6. The normalized spacial score (nSPS) is 17.7. The minimum absolute atomic E-state index is 0.0919. The fraction of sp³-hybridized carbons (Fsp3) is 0.125. The molecule has 2 aromatic carbocycles. The fourth-order valence-electron chi connectivity index (χ4n) is 4.42. The summed E-state index contributed by atoms with van der Waals surface area (Å²) in [6, 6.07) is 15.4. The van der Waals surface area contributed by atoms with E-state index in [1.165, 1.54) is 6.33 Å². The topological polar surface area (TPSA) is 92.6 Å². The van der Waals surface area contributed by atoms with E-state index in [1.807, 2.05) is 54.7 Å². The van der Waals surface area contributed by atoms with Crippen LogP contribution in [0.5, 0.6) is 0 Å². The lowest BCUT2D eigenvalue weighted by molar-refractivity contribution is -0.114. The Bertz CT molecular complexity index is 1410. The highest BCUT2D eigenvalue weighted by atomic mass is 35.5. The van der Waals surface area contributed by atoms with E-state index in [0.29, 0.717) is 23.7 Å².